The Balaban J connectivity index is 1.73. The summed E-state index contributed by atoms with van der Waals surface area (Å²) in [4.78, 5) is 45.7. The molecule has 2 aromatic rings. The van der Waals surface area contributed by atoms with Crippen molar-refractivity contribution in [3.05, 3.63) is 52.8 Å². The Kier molecular flexibility index (Phi) is 12.4. The quantitative estimate of drug-likeness (QED) is 0.261. The molecule has 0 saturated carbocycles. The summed E-state index contributed by atoms with van der Waals surface area (Å²) in [6, 6.07) is 8.78. The molecule has 4 rings (SSSR count). The summed E-state index contributed by atoms with van der Waals surface area (Å²) in [5, 5.41) is 10.3. The number of rotatable bonds is 10. The van der Waals surface area contributed by atoms with Crippen molar-refractivity contribution in [2.24, 2.45) is 0 Å². The lowest BCUT2D eigenvalue weighted by molar-refractivity contribution is 0.00751. The number of likely N-dealkylation sites (tertiary alicyclic amines) is 2. The second kappa shape index (κ2) is 16.3. The van der Waals surface area contributed by atoms with Gasteiger partial charge in [-0.25, -0.2) is 9.18 Å². The third-order valence-electron chi connectivity index (χ3n) is 8.60. The number of hydrogen-bond acceptors (Lipinski definition) is 7. The SMILES string of the molecule is COCCCOc1cc(C(=O)N(C(C)C)[C@@H]2CCCN(C(=O)OC(C)(C)C)C2)c(C#N)cc1-c1cc(C(=O)N2CCCCC2)ccc1F. The lowest BCUT2D eigenvalue weighted by atomic mass is 9.94. The molecule has 0 spiro atoms. The summed E-state index contributed by atoms with van der Waals surface area (Å²) in [6.45, 7) is 12.0. The Morgan fingerprint density at radius 3 is 2.35 bits per heavy atom. The first-order valence-electron chi connectivity index (χ1n) is 16.9. The van der Waals surface area contributed by atoms with Gasteiger partial charge in [0.25, 0.3) is 11.8 Å². The summed E-state index contributed by atoms with van der Waals surface area (Å²) in [5.74, 6) is -0.924. The van der Waals surface area contributed by atoms with Crippen molar-refractivity contribution >= 4 is 17.9 Å². The Morgan fingerprint density at radius 1 is 1.00 bits per heavy atom. The molecule has 0 bridgehead atoms. The third kappa shape index (κ3) is 9.04. The molecule has 48 heavy (non-hydrogen) atoms. The Morgan fingerprint density at radius 2 is 1.71 bits per heavy atom. The van der Waals surface area contributed by atoms with Gasteiger partial charge in [0, 0.05) is 69.0 Å². The Labute approximate surface area is 283 Å². The minimum atomic E-state index is -0.652. The van der Waals surface area contributed by atoms with Crippen LogP contribution in [0.15, 0.2) is 30.3 Å². The van der Waals surface area contributed by atoms with Gasteiger partial charge < -0.3 is 28.9 Å². The number of amides is 3. The van der Waals surface area contributed by atoms with Gasteiger partial charge in [0.15, 0.2) is 0 Å². The first-order valence-corrected chi connectivity index (χ1v) is 16.9. The predicted molar refractivity (Wildman–Crippen MR) is 180 cm³/mol. The van der Waals surface area contributed by atoms with Crippen LogP contribution in [0.4, 0.5) is 9.18 Å². The molecule has 2 aliphatic rings. The molecule has 2 fully saturated rings. The smallest absolute Gasteiger partial charge is 0.410 e. The monoisotopic (exact) mass is 664 g/mol. The molecule has 0 unspecified atom stereocenters. The lowest BCUT2D eigenvalue weighted by Gasteiger charge is -2.41. The summed E-state index contributed by atoms with van der Waals surface area (Å²) in [7, 11) is 1.58. The second-order valence-electron chi connectivity index (χ2n) is 13.8. The number of hydrogen-bond donors (Lipinski definition) is 0. The fourth-order valence-electron chi connectivity index (χ4n) is 6.34. The molecule has 260 valence electrons. The number of halogens is 1. The van der Waals surface area contributed by atoms with Gasteiger partial charge in [0.2, 0.25) is 0 Å². The van der Waals surface area contributed by atoms with Gasteiger partial charge in [0.1, 0.15) is 17.2 Å². The molecule has 0 N–H and O–H groups in total. The number of nitrogens with zero attached hydrogens (tertiary/aromatic N) is 4. The molecular weight excluding hydrogens is 615 g/mol. The van der Waals surface area contributed by atoms with Crippen molar-refractivity contribution in [1.29, 1.82) is 5.26 Å². The number of piperidine rings is 2. The molecule has 0 aromatic heterocycles. The molecule has 0 radical (unpaired) electrons. The zero-order valence-electron chi connectivity index (χ0n) is 29.1. The minimum Gasteiger partial charge on any atom is -0.493 e. The lowest BCUT2D eigenvalue weighted by Crippen LogP contribution is -2.54. The highest BCUT2D eigenvalue weighted by Gasteiger charge is 2.35. The van der Waals surface area contributed by atoms with Gasteiger partial charge in [-0.05, 0) is 97.1 Å². The summed E-state index contributed by atoms with van der Waals surface area (Å²) < 4.78 is 32.5. The molecule has 2 aromatic carbocycles. The van der Waals surface area contributed by atoms with E-state index in [9.17, 15) is 19.6 Å². The van der Waals surface area contributed by atoms with Crippen LogP contribution in [0.3, 0.4) is 0 Å². The largest absolute Gasteiger partial charge is 0.493 e. The fraction of sp³-hybridized carbons (Fsp3) is 0.568. The predicted octanol–water partition coefficient (Wildman–Crippen LogP) is 6.66. The third-order valence-corrected chi connectivity index (χ3v) is 8.60. The van der Waals surface area contributed by atoms with Gasteiger partial charge >= 0.3 is 6.09 Å². The van der Waals surface area contributed by atoms with Gasteiger partial charge in [-0.1, -0.05) is 0 Å². The maximum Gasteiger partial charge on any atom is 0.410 e. The maximum absolute atomic E-state index is 15.6. The van der Waals surface area contributed by atoms with Crippen molar-refractivity contribution in [1.82, 2.24) is 14.7 Å². The first kappa shape index (κ1) is 36.7. The van der Waals surface area contributed by atoms with Crippen LogP contribution in [0, 0.1) is 17.1 Å². The molecule has 1 atom stereocenters. The van der Waals surface area contributed by atoms with E-state index in [1.54, 1.807) is 21.8 Å². The molecule has 2 heterocycles. The van der Waals surface area contributed by atoms with Gasteiger partial charge in [-0.2, -0.15) is 5.26 Å². The van der Waals surface area contributed by atoms with Crippen LogP contribution in [-0.4, -0.2) is 96.8 Å². The van der Waals surface area contributed by atoms with Crippen LogP contribution in [0.5, 0.6) is 5.75 Å². The van der Waals surface area contributed by atoms with E-state index in [-0.39, 0.29) is 58.5 Å². The van der Waals surface area contributed by atoms with Gasteiger partial charge in [-0.3, -0.25) is 9.59 Å². The molecular formula is C37H49FN4O6. The number of ether oxygens (including phenoxy) is 3. The second-order valence-corrected chi connectivity index (χ2v) is 13.8. The van der Waals surface area contributed by atoms with Crippen molar-refractivity contribution < 1.29 is 33.0 Å². The van der Waals surface area contributed by atoms with Crippen LogP contribution in [0.1, 0.15) is 99.4 Å². The molecule has 0 aliphatic carbocycles. The van der Waals surface area contributed by atoms with E-state index in [0.717, 1.165) is 19.3 Å². The van der Waals surface area contributed by atoms with Crippen LogP contribution in [0.2, 0.25) is 0 Å². The highest BCUT2D eigenvalue weighted by molar-refractivity contribution is 5.99. The Bertz CT molecular complexity index is 1510. The average molecular weight is 665 g/mol. The van der Waals surface area contributed by atoms with Crippen LogP contribution in [0.25, 0.3) is 11.1 Å². The van der Waals surface area contributed by atoms with Crippen molar-refractivity contribution in [2.75, 3.05) is 46.5 Å². The molecule has 10 nitrogen and oxygen atoms in total. The van der Waals surface area contributed by atoms with Crippen LogP contribution < -0.4 is 4.74 Å². The highest BCUT2D eigenvalue weighted by Crippen LogP contribution is 2.37. The molecule has 2 saturated heterocycles. The van der Waals surface area contributed by atoms with Crippen molar-refractivity contribution in [3.8, 4) is 22.9 Å². The summed E-state index contributed by atoms with van der Waals surface area (Å²) >= 11 is 0. The fourth-order valence-corrected chi connectivity index (χ4v) is 6.34. The van der Waals surface area contributed by atoms with E-state index >= 15 is 4.39 Å². The van der Waals surface area contributed by atoms with E-state index < -0.39 is 17.5 Å². The topological polar surface area (TPSA) is 112 Å². The first-order chi connectivity index (χ1) is 22.8. The summed E-state index contributed by atoms with van der Waals surface area (Å²) in [6.07, 6.45) is 4.38. The number of carbonyl (C=O) groups is 3. The van der Waals surface area contributed by atoms with Crippen LogP contribution in [-0.2, 0) is 9.47 Å². The van der Waals surface area contributed by atoms with Crippen molar-refractivity contribution in [3.63, 3.8) is 0 Å². The zero-order valence-corrected chi connectivity index (χ0v) is 29.1. The normalized spacial score (nSPS) is 16.8. The van der Waals surface area contributed by atoms with Crippen molar-refractivity contribution in [2.45, 2.75) is 90.8 Å². The van der Waals surface area contributed by atoms with Gasteiger partial charge in [-0.15, -0.1) is 0 Å². The number of carbonyl (C=O) groups excluding carboxylic acids is 3. The maximum atomic E-state index is 15.6. The zero-order chi connectivity index (χ0) is 35.0. The van der Waals surface area contributed by atoms with Gasteiger partial charge in [0.05, 0.1) is 29.8 Å². The average Bonchev–Trinajstić information content (AvgIpc) is 3.06. The molecule has 3 amide bonds. The minimum absolute atomic E-state index is 0.0526. The van der Waals surface area contributed by atoms with E-state index in [4.69, 9.17) is 14.2 Å². The van der Waals surface area contributed by atoms with E-state index in [0.29, 0.717) is 57.6 Å². The van der Waals surface area contributed by atoms with Crippen LogP contribution >= 0.6 is 0 Å². The van der Waals surface area contributed by atoms with E-state index in [1.807, 2.05) is 34.6 Å². The van der Waals surface area contributed by atoms with E-state index in [2.05, 4.69) is 6.07 Å². The number of benzene rings is 2. The van der Waals surface area contributed by atoms with E-state index in [1.165, 1.54) is 30.3 Å². The Hall–Kier alpha value is -4.17. The highest BCUT2D eigenvalue weighted by atomic mass is 19.1. The molecule has 11 heteroatoms. The number of methoxy groups -OCH3 is 1. The number of nitriles is 1. The standard InChI is InChI=1S/C37H49FN4O6/c1-25(2)42(28-12-10-17-41(24-28)36(45)48-37(3,4)5)35(44)29-22-33(47-19-11-18-46-6)31(21-27(29)23-39)30-20-26(13-14-32(30)38)34(43)40-15-8-7-9-16-40/h13-14,20-22,25,28H,7-12,15-19,24H2,1-6H3/t28-/m1/s1. The summed E-state index contributed by atoms with van der Waals surface area (Å²) in [5.41, 5.74) is 0.242. The molecule has 2 aliphatic heterocycles.